The maximum atomic E-state index is 12.5. The number of hydrogen-bond acceptors (Lipinski definition) is 5. The van der Waals surface area contributed by atoms with Crippen LogP contribution in [0.2, 0.25) is 0 Å². The Balaban J connectivity index is 3.41. The first-order chi connectivity index (χ1) is 32.0. The van der Waals surface area contributed by atoms with Gasteiger partial charge in [0.15, 0.2) is 0 Å². The fourth-order valence-electron chi connectivity index (χ4n) is 9.28. The molecule has 6 nitrogen and oxygen atoms in total. The number of rotatable bonds is 55. The van der Waals surface area contributed by atoms with Crippen LogP contribution in [0.4, 0.5) is 0 Å². The van der Waals surface area contributed by atoms with E-state index < -0.39 is 12.1 Å². The molecule has 1 amide bonds. The van der Waals surface area contributed by atoms with E-state index in [9.17, 15) is 19.8 Å². The molecule has 0 radical (unpaired) electrons. The van der Waals surface area contributed by atoms with Gasteiger partial charge in [0.25, 0.3) is 0 Å². The Morgan fingerprint density at radius 1 is 0.415 bits per heavy atom. The number of esters is 1. The summed E-state index contributed by atoms with van der Waals surface area (Å²) in [7, 11) is 0. The Morgan fingerprint density at radius 2 is 0.723 bits per heavy atom. The fourth-order valence-corrected chi connectivity index (χ4v) is 9.28. The number of amides is 1. The third-order valence-corrected chi connectivity index (χ3v) is 13.8. The van der Waals surface area contributed by atoms with E-state index in [1.54, 1.807) is 0 Å². The fraction of sp³-hybridized carbons (Fsp3) is 0.932. The van der Waals surface area contributed by atoms with Crippen molar-refractivity contribution in [1.29, 1.82) is 0 Å². The molecule has 0 spiro atoms. The zero-order chi connectivity index (χ0) is 47.2. The van der Waals surface area contributed by atoms with Gasteiger partial charge in [0.1, 0.15) is 0 Å². The van der Waals surface area contributed by atoms with Crippen LogP contribution in [0.5, 0.6) is 0 Å². The van der Waals surface area contributed by atoms with Gasteiger partial charge in [-0.1, -0.05) is 276 Å². The van der Waals surface area contributed by atoms with E-state index in [0.717, 1.165) is 44.9 Å². The first-order valence-corrected chi connectivity index (χ1v) is 29.4. The van der Waals surface area contributed by atoms with Crippen LogP contribution in [0.25, 0.3) is 0 Å². The molecule has 0 aliphatic rings. The molecular formula is C59H115NO5. The highest BCUT2D eigenvalue weighted by molar-refractivity contribution is 5.76. The molecule has 386 valence electrons. The zero-order valence-electron chi connectivity index (χ0n) is 44.0. The highest BCUT2D eigenvalue weighted by Crippen LogP contribution is 2.18. The third kappa shape index (κ3) is 51.8. The van der Waals surface area contributed by atoms with Crippen LogP contribution in [0.15, 0.2) is 12.2 Å². The maximum Gasteiger partial charge on any atom is 0.305 e. The number of hydrogen-bond donors (Lipinski definition) is 3. The summed E-state index contributed by atoms with van der Waals surface area (Å²) < 4.78 is 5.46. The molecule has 0 aromatic carbocycles. The molecule has 0 aliphatic heterocycles. The summed E-state index contributed by atoms with van der Waals surface area (Å²) in [4.78, 5) is 24.5. The Hall–Kier alpha value is -1.40. The van der Waals surface area contributed by atoms with Gasteiger partial charge in [0.2, 0.25) is 5.91 Å². The van der Waals surface area contributed by atoms with Crippen LogP contribution in [-0.4, -0.2) is 47.4 Å². The van der Waals surface area contributed by atoms with Crippen LogP contribution in [0, 0.1) is 0 Å². The van der Waals surface area contributed by atoms with Gasteiger partial charge in [0, 0.05) is 12.8 Å². The van der Waals surface area contributed by atoms with Crippen LogP contribution >= 0.6 is 0 Å². The molecule has 0 saturated heterocycles. The number of nitrogens with one attached hydrogen (secondary N) is 1. The van der Waals surface area contributed by atoms with Gasteiger partial charge < -0.3 is 20.3 Å². The summed E-state index contributed by atoms with van der Waals surface area (Å²) in [6.07, 6.45) is 64.9. The molecule has 0 aromatic heterocycles. The Bertz CT molecular complexity index is 970. The second-order valence-electron chi connectivity index (χ2n) is 20.3. The Labute approximate surface area is 406 Å². The number of carbonyl (C=O) groups excluding carboxylic acids is 2. The quantitative estimate of drug-likeness (QED) is 0.0321. The number of unbranched alkanes of at least 4 members (excludes halogenated alkanes) is 42. The van der Waals surface area contributed by atoms with Crippen molar-refractivity contribution in [2.45, 2.75) is 341 Å². The summed E-state index contributed by atoms with van der Waals surface area (Å²) in [5, 5.41) is 23.3. The summed E-state index contributed by atoms with van der Waals surface area (Å²) in [6.45, 7) is 4.94. The van der Waals surface area contributed by atoms with Gasteiger partial charge in [-0.25, -0.2) is 0 Å². The van der Waals surface area contributed by atoms with Crippen molar-refractivity contribution in [3.63, 3.8) is 0 Å². The van der Waals surface area contributed by atoms with Crippen LogP contribution in [-0.2, 0) is 14.3 Å². The standard InChI is InChI=1S/C59H115NO5/c1-3-5-7-9-11-13-15-17-18-19-22-25-28-31-35-39-43-47-51-57(62)56(55-61)60-58(63)52-48-44-40-36-32-29-26-23-20-21-24-27-30-34-38-42-46-50-54-65-59(64)53-49-45-41-37-33-16-14-12-10-8-6-4-2/h12,14,56-57,61-62H,3-11,13,15-55H2,1-2H3,(H,60,63)/b14-12-. The van der Waals surface area contributed by atoms with E-state index in [-0.39, 0.29) is 18.5 Å². The van der Waals surface area contributed by atoms with E-state index in [1.807, 2.05) is 0 Å². The van der Waals surface area contributed by atoms with Crippen LogP contribution in [0.3, 0.4) is 0 Å². The van der Waals surface area contributed by atoms with Crippen molar-refractivity contribution in [2.75, 3.05) is 13.2 Å². The molecule has 0 aliphatic carbocycles. The lowest BCUT2D eigenvalue weighted by Gasteiger charge is -2.22. The lowest BCUT2D eigenvalue weighted by atomic mass is 10.0. The molecule has 2 atom stereocenters. The molecule has 0 heterocycles. The van der Waals surface area contributed by atoms with Gasteiger partial charge in [-0.3, -0.25) is 9.59 Å². The number of allylic oxidation sites excluding steroid dienone is 2. The molecule has 0 aromatic rings. The predicted molar refractivity (Wildman–Crippen MR) is 283 cm³/mol. The molecule has 0 bridgehead atoms. The minimum atomic E-state index is -0.667. The molecule has 65 heavy (non-hydrogen) atoms. The van der Waals surface area contributed by atoms with Crippen molar-refractivity contribution in [3.8, 4) is 0 Å². The highest BCUT2D eigenvalue weighted by atomic mass is 16.5. The van der Waals surface area contributed by atoms with Gasteiger partial charge in [-0.15, -0.1) is 0 Å². The number of ether oxygens (including phenoxy) is 1. The lowest BCUT2D eigenvalue weighted by molar-refractivity contribution is -0.143. The minimum Gasteiger partial charge on any atom is -0.466 e. The summed E-state index contributed by atoms with van der Waals surface area (Å²) in [6, 6.07) is -0.544. The molecule has 0 saturated carbocycles. The van der Waals surface area contributed by atoms with E-state index in [0.29, 0.717) is 25.9 Å². The Morgan fingerprint density at radius 3 is 1.12 bits per heavy atom. The van der Waals surface area contributed by atoms with Gasteiger partial charge in [-0.05, 0) is 51.4 Å². The molecule has 6 heteroatoms. The zero-order valence-corrected chi connectivity index (χ0v) is 44.0. The van der Waals surface area contributed by atoms with E-state index >= 15 is 0 Å². The Kier molecular flexibility index (Phi) is 54.0. The summed E-state index contributed by atoms with van der Waals surface area (Å²) in [5.74, 6) is -0.0383. The number of aliphatic hydroxyl groups excluding tert-OH is 2. The normalized spacial score (nSPS) is 12.6. The minimum absolute atomic E-state index is 0.00209. The number of carbonyl (C=O) groups is 2. The summed E-state index contributed by atoms with van der Waals surface area (Å²) in [5.41, 5.74) is 0. The third-order valence-electron chi connectivity index (χ3n) is 13.8. The molecular weight excluding hydrogens is 803 g/mol. The van der Waals surface area contributed by atoms with Crippen molar-refractivity contribution in [3.05, 3.63) is 12.2 Å². The maximum absolute atomic E-state index is 12.5. The first-order valence-electron chi connectivity index (χ1n) is 29.4. The smallest absolute Gasteiger partial charge is 0.305 e. The van der Waals surface area contributed by atoms with Crippen molar-refractivity contribution in [1.82, 2.24) is 5.32 Å². The van der Waals surface area contributed by atoms with E-state index in [4.69, 9.17) is 4.74 Å². The average molecular weight is 919 g/mol. The largest absolute Gasteiger partial charge is 0.466 e. The number of aliphatic hydroxyl groups is 2. The molecule has 2 unspecified atom stereocenters. The second kappa shape index (κ2) is 55.2. The average Bonchev–Trinajstić information content (AvgIpc) is 3.31. The van der Waals surface area contributed by atoms with E-state index in [2.05, 4.69) is 31.3 Å². The summed E-state index contributed by atoms with van der Waals surface area (Å²) >= 11 is 0. The van der Waals surface area contributed by atoms with Crippen molar-refractivity contribution >= 4 is 11.9 Å². The monoisotopic (exact) mass is 918 g/mol. The highest BCUT2D eigenvalue weighted by Gasteiger charge is 2.20. The molecule has 0 rings (SSSR count). The topological polar surface area (TPSA) is 95.9 Å². The van der Waals surface area contributed by atoms with E-state index in [1.165, 1.54) is 250 Å². The molecule has 3 N–H and O–H groups in total. The predicted octanol–water partition coefficient (Wildman–Crippen LogP) is 18.1. The first kappa shape index (κ1) is 63.6. The van der Waals surface area contributed by atoms with Gasteiger partial charge in [-0.2, -0.15) is 0 Å². The van der Waals surface area contributed by atoms with Gasteiger partial charge >= 0.3 is 5.97 Å². The SMILES string of the molecule is CCCCC/C=C\CCCCCCCC(=O)OCCCCCCCCCCCCCCCCCCCCC(=O)NC(CO)C(O)CCCCCCCCCCCCCCCCCCCC. The van der Waals surface area contributed by atoms with Crippen molar-refractivity contribution < 1.29 is 24.5 Å². The van der Waals surface area contributed by atoms with Crippen molar-refractivity contribution in [2.24, 2.45) is 0 Å². The molecule has 0 fully saturated rings. The lowest BCUT2D eigenvalue weighted by Crippen LogP contribution is -2.45. The van der Waals surface area contributed by atoms with Gasteiger partial charge in [0.05, 0.1) is 25.4 Å². The van der Waals surface area contributed by atoms with Crippen LogP contribution < -0.4 is 5.32 Å². The van der Waals surface area contributed by atoms with Crippen LogP contribution in [0.1, 0.15) is 328 Å². The second-order valence-corrected chi connectivity index (χ2v) is 20.3.